The molecular formula is C18H24N2O. The van der Waals surface area contributed by atoms with E-state index >= 15 is 0 Å². The quantitative estimate of drug-likeness (QED) is 0.937. The Morgan fingerprint density at radius 2 is 1.90 bits per heavy atom. The molecule has 1 atom stereocenters. The van der Waals surface area contributed by atoms with Crippen LogP contribution in [-0.2, 0) is 6.42 Å². The van der Waals surface area contributed by atoms with E-state index in [4.69, 9.17) is 0 Å². The van der Waals surface area contributed by atoms with Crippen LogP contribution in [0.4, 0.5) is 0 Å². The number of aliphatic hydroxyl groups is 1. The molecule has 21 heavy (non-hydrogen) atoms. The van der Waals surface area contributed by atoms with E-state index in [1.165, 1.54) is 18.4 Å². The van der Waals surface area contributed by atoms with E-state index in [9.17, 15) is 5.11 Å². The van der Waals surface area contributed by atoms with Crippen molar-refractivity contribution < 1.29 is 5.11 Å². The number of aromatic nitrogens is 1. The molecule has 0 bridgehead atoms. The maximum absolute atomic E-state index is 10.8. The highest BCUT2D eigenvalue weighted by molar-refractivity contribution is 5.81. The predicted molar refractivity (Wildman–Crippen MR) is 86.3 cm³/mol. The molecule has 0 amide bonds. The van der Waals surface area contributed by atoms with Crippen LogP contribution in [0.5, 0.6) is 0 Å². The first-order valence-electron chi connectivity index (χ1n) is 7.85. The van der Waals surface area contributed by atoms with Crippen molar-refractivity contribution in [3.63, 3.8) is 0 Å². The molecule has 1 fully saturated rings. The van der Waals surface area contributed by atoms with Crippen LogP contribution < -0.4 is 0 Å². The summed E-state index contributed by atoms with van der Waals surface area (Å²) in [7, 11) is 0. The van der Waals surface area contributed by atoms with Gasteiger partial charge in [0.2, 0.25) is 0 Å². The Balaban J connectivity index is 1.84. The van der Waals surface area contributed by atoms with Gasteiger partial charge in [-0.15, -0.1) is 0 Å². The first kappa shape index (κ1) is 14.5. The molecule has 1 aliphatic heterocycles. The number of hydrogen-bond acceptors (Lipinski definition) is 3. The summed E-state index contributed by atoms with van der Waals surface area (Å²) < 4.78 is 0. The molecule has 3 nitrogen and oxygen atoms in total. The molecule has 0 spiro atoms. The van der Waals surface area contributed by atoms with E-state index in [0.717, 1.165) is 24.0 Å². The molecule has 1 unspecified atom stereocenters. The zero-order valence-electron chi connectivity index (χ0n) is 12.9. The minimum Gasteiger partial charge on any atom is -0.391 e. The van der Waals surface area contributed by atoms with E-state index in [0.29, 0.717) is 6.42 Å². The molecule has 1 aromatic carbocycles. The summed E-state index contributed by atoms with van der Waals surface area (Å²) in [5.41, 5.74) is 2.00. The van der Waals surface area contributed by atoms with E-state index in [1.807, 2.05) is 30.5 Å². The van der Waals surface area contributed by atoms with Crippen molar-refractivity contribution in [3.05, 3.63) is 42.1 Å². The van der Waals surface area contributed by atoms with Crippen molar-refractivity contribution in [2.24, 2.45) is 0 Å². The Bertz CT molecular complexity index is 612. The Kier molecular flexibility index (Phi) is 3.96. The Morgan fingerprint density at radius 1 is 1.19 bits per heavy atom. The van der Waals surface area contributed by atoms with Gasteiger partial charge in [-0.2, -0.15) is 0 Å². The smallest absolute Gasteiger partial charge is 0.0758 e. The molecule has 112 valence electrons. The van der Waals surface area contributed by atoms with E-state index in [2.05, 4.69) is 29.8 Å². The van der Waals surface area contributed by atoms with Crippen molar-refractivity contribution >= 4 is 10.9 Å². The number of pyridine rings is 1. The maximum atomic E-state index is 10.8. The van der Waals surface area contributed by atoms with Gasteiger partial charge in [-0.3, -0.25) is 9.88 Å². The van der Waals surface area contributed by atoms with Crippen LogP contribution in [0.3, 0.4) is 0 Å². The molecule has 0 aliphatic carbocycles. The summed E-state index contributed by atoms with van der Waals surface area (Å²) in [5, 5.41) is 11.9. The second-order valence-electron chi connectivity index (χ2n) is 6.55. The SMILES string of the molecule is CC(C)(C(O)Cc1ccnc2ccccc12)N1CCCC1. The average Bonchev–Trinajstić information content (AvgIpc) is 3.02. The number of rotatable bonds is 4. The van der Waals surface area contributed by atoms with E-state index in [1.54, 1.807) is 0 Å². The van der Waals surface area contributed by atoms with Gasteiger partial charge in [0, 0.05) is 23.5 Å². The van der Waals surface area contributed by atoms with Gasteiger partial charge < -0.3 is 5.11 Å². The number of fused-ring (bicyclic) bond motifs is 1. The van der Waals surface area contributed by atoms with Gasteiger partial charge in [-0.25, -0.2) is 0 Å². The standard InChI is InChI=1S/C18H24N2O/c1-18(2,20-11-5-6-12-20)17(21)13-14-9-10-19-16-8-4-3-7-15(14)16/h3-4,7-10,17,21H,5-6,11-13H2,1-2H3. The zero-order chi connectivity index (χ0) is 14.9. The lowest BCUT2D eigenvalue weighted by atomic mass is 9.89. The summed E-state index contributed by atoms with van der Waals surface area (Å²) >= 11 is 0. The summed E-state index contributed by atoms with van der Waals surface area (Å²) in [6, 6.07) is 10.2. The first-order chi connectivity index (χ1) is 10.1. The third kappa shape index (κ3) is 2.81. The van der Waals surface area contributed by atoms with E-state index in [-0.39, 0.29) is 11.6 Å². The van der Waals surface area contributed by atoms with Gasteiger partial charge in [0.15, 0.2) is 0 Å². The minimum absolute atomic E-state index is 0.180. The Hall–Kier alpha value is -1.45. The van der Waals surface area contributed by atoms with Crippen molar-refractivity contribution in [3.8, 4) is 0 Å². The van der Waals surface area contributed by atoms with Crippen molar-refractivity contribution in [1.82, 2.24) is 9.88 Å². The molecule has 3 rings (SSSR count). The van der Waals surface area contributed by atoms with Crippen molar-refractivity contribution in [1.29, 1.82) is 0 Å². The summed E-state index contributed by atoms with van der Waals surface area (Å²) in [4.78, 5) is 6.81. The fraction of sp³-hybridized carbons (Fsp3) is 0.500. The topological polar surface area (TPSA) is 36.4 Å². The van der Waals surface area contributed by atoms with Gasteiger partial charge in [0.25, 0.3) is 0 Å². The maximum Gasteiger partial charge on any atom is 0.0758 e. The normalized spacial score (nSPS) is 18.2. The second kappa shape index (κ2) is 5.74. The van der Waals surface area contributed by atoms with Gasteiger partial charge in [-0.05, 0) is 57.5 Å². The summed E-state index contributed by atoms with van der Waals surface area (Å²) in [5.74, 6) is 0. The van der Waals surface area contributed by atoms with Gasteiger partial charge in [0.1, 0.15) is 0 Å². The molecule has 1 saturated heterocycles. The molecule has 2 aromatic rings. The highest BCUT2D eigenvalue weighted by atomic mass is 16.3. The largest absolute Gasteiger partial charge is 0.391 e. The Labute approximate surface area is 126 Å². The van der Waals surface area contributed by atoms with Crippen LogP contribution in [0.25, 0.3) is 10.9 Å². The lowest BCUT2D eigenvalue weighted by Gasteiger charge is -2.39. The molecule has 1 N–H and O–H groups in total. The average molecular weight is 284 g/mol. The monoisotopic (exact) mass is 284 g/mol. The highest BCUT2D eigenvalue weighted by Crippen LogP contribution is 2.27. The van der Waals surface area contributed by atoms with Gasteiger partial charge in [-0.1, -0.05) is 18.2 Å². The molecular weight excluding hydrogens is 260 g/mol. The lowest BCUT2D eigenvalue weighted by molar-refractivity contribution is 0.00354. The van der Waals surface area contributed by atoms with Gasteiger partial charge in [0.05, 0.1) is 11.6 Å². The fourth-order valence-corrected chi connectivity index (χ4v) is 3.30. The first-order valence-corrected chi connectivity index (χ1v) is 7.85. The molecule has 3 heteroatoms. The summed E-state index contributed by atoms with van der Waals surface area (Å²) in [6.07, 6.45) is 4.63. The molecule has 2 heterocycles. The van der Waals surface area contributed by atoms with Crippen molar-refractivity contribution in [2.75, 3.05) is 13.1 Å². The number of aliphatic hydroxyl groups excluding tert-OH is 1. The van der Waals surface area contributed by atoms with Gasteiger partial charge >= 0.3 is 0 Å². The predicted octanol–water partition coefficient (Wildman–Crippen LogP) is 3.01. The third-order valence-electron chi connectivity index (χ3n) is 4.89. The summed E-state index contributed by atoms with van der Waals surface area (Å²) in [6.45, 7) is 6.51. The number of likely N-dealkylation sites (tertiary alicyclic amines) is 1. The number of para-hydroxylation sites is 1. The van der Waals surface area contributed by atoms with Crippen LogP contribution in [0.2, 0.25) is 0 Å². The zero-order valence-corrected chi connectivity index (χ0v) is 12.9. The minimum atomic E-state index is -0.374. The lowest BCUT2D eigenvalue weighted by Crippen LogP contribution is -2.51. The number of hydrogen-bond donors (Lipinski definition) is 1. The molecule has 1 aromatic heterocycles. The third-order valence-corrected chi connectivity index (χ3v) is 4.89. The van der Waals surface area contributed by atoms with Crippen molar-refractivity contribution in [2.45, 2.75) is 44.8 Å². The second-order valence-corrected chi connectivity index (χ2v) is 6.55. The van der Waals surface area contributed by atoms with Crippen LogP contribution in [0.15, 0.2) is 36.5 Å². The van der Waals surface area contributed by atoms with Crippen LogP contribution in [-0.4, -0.2) is 39.7 Å². The molecule has 0 saturated carbocycles. The highest BCUT2D eigenvalue weighted by Gasteiger charge is 2.35. The van der Waals surface area contributed by atoms with Crippen LogP contribution in [0, 0.1) is 0 Å². The fourth-order valence-electron chi connectivity index (χ4n) is 3.30. The molecule has 0 radical (unpaired) electrons. The molecule has 1 aliphatic rings. The van der Waals surface area contributed by atoms with E-state index < -0.39 is 0 Å². The Morgan fingerprint density at radius 3 is 2.67 bits per heavy atom. The van der Waals surface area contributed by atoms with Crippen LogP contribution in [0.1, 0.15) is 32.3 Å². The van der Waals surface area contributed by atoms with Crippen LogP contribution >= 0.6 is 0 Å². The number of nitrogens with zero attached hydrogens (tertiary/aromatic N) is 2. The number of benzene rings is 1.